The molecular weight excluding hydrogens is 412 g/mol. The molecule has 1 saturated heterocycles. The first-order valence-corrected chi connectivity index (χ1v) is 11.8. The zero-order valence-corrected chi connectivity index (χ0v) is 19.9. The Kier molecular flexibility index (Phi) is 6.71. The van der Waals surface area contributed by atoms with Crippen molar-refractivity contribution < 1.29 is 14.3 Å². The van der Waals surface area contributed by atoms with Crippen LogP contribution < -0.4 is 0 Å². The highest BCUT2D eigenvalue weighted by Crippen LogP contribution is 2.43. The summed E-state index contributed by atoms with van der Waals surface area (Å²) in [5.41, 5.74) is 1.01. The molecule has 1 spiro atoms. The van der Waals surface area contributed by atoms with Gasteiger partial charge in [0.05, 0.1) is 6.04 Å². The van der Waals surface area contributed by atoms with E-state index in [1.807, 2.05) is 63.2 Å². The first kappa shape index (κ1) is 23.2. The number of ether oxygens (including phenoxy) is 1. The van der Waals surface area contributed by atoms with Gasteiger partial charge < -0.3 is 9.64 Å². The van der Waals surface area contributed by atoms with Crippen LogP contribution >= 0.6 is 0 Å². The van der Waals surface area contributed by atoms with Gasteiger partial charge >= 0.3 is 6.09 Å². The molecule has 5 nitrogen and oxygen atoms in total. The monoisotopic (exact) mass is 446 g/mol. The van der Waals surface area contributed by atoms with Crippen LogP contribution in [0.4, 0.5) is 4.79 Å². The maximum atomic E-state index is 13.8. The number of likely N-dealkylation sites (tertiary alicyclic amines) is 1. The van der Waals surface area contributed by atoms with E-state index in [1.165, 1.54) is 5.56 Å². The Hall–Kier alpha value is -2.92. The molecule has 2 aromatic rings. The number of nitrogens with zero attached hydrogens (tertiary/aromatic N) is 2. The predicted octanol–water partition coefficient (Wildman–Crippen LogP) is 4.98. The molecule has 174 valence electrons. The number of carbonyl (C=O) groups is 2. The smallest absolute Gasteiger partial charge is 0.410 e. The molecule has 4 rings (SSSR count). The summed E-state index contributed by atoms with van der Waals surface area (Å²) in [5, 5.41) is 0. The molecule has 0 aliphatic carbocycles. The van der Waals surface area contributed by atoms with Crippen molar-refractivity contribution in [2.24, 2.45) is 5.41 Å². The van der Waals surface area contributed by atoms with E-state index in [4.69, 9.17) is 4.74 Å². The van der Waals surface area contributed by atoms with E-state index in [0.717, 1.165) is 31.5 Å². The third-order valence-electron chi connectivity index (χ3n) is 6.52. The fourth-order valence-electron chi connectivity index (χ4n) is 5.02. The second-order valence-electron chi connectivity index (χ2n) is 10.2. The van der Waals surface area contributed by atoms with Crippen LogP contribution in [-0.4, -0.2) is 59.5 Å². The van der Waals surface area contributed by atoms with Gasteiger partial charge in [0.1, 0.15) is 5.60 Å². The van der Waals surface area contributed by atoms with E-state index in [0.29, 0.717) is 13.1 Å². The lowest BCUT2D eigenvalue weighted by molar-refractivity contribution is 0.0164. The third-order valence-corrected chi connectivity index (χ3v) is 6.52. The lowest BCUT2D eigenvalue weighted by atomic mass is 9.75. The van der Waals surface area contributed by atoms with Crippen LogP contribution in [0.25, 0.3) is 0 Å². The Balaban J connectivity index is 1.60. The van der Waals surface area contributed by atoms with Crippen LogP contribution in [0, 0.1) is 5.41 Å². The summed E-state index contributed by atoms with van der Waals surface area (Å²) < 4.78 is 5.65. The van der Waals surface area contributed by atoms with Crippen molar-refractivity contribution in [3.63, 3.8) is 0 Å². The SMILES string of the molecule is CC(C)(C)OC(=O)N1CC=C[C@@]2(CCN(CCc3ccccc3)[C@@H]2C(=O)c2ccccc2)C1. The molecule has 5 heteroatoms. The average Bonchev–Trinajstić information content (AvgIpc) is 3.14. The van der Waals surface area contributed by atoms with E-state index in [1.54, 1.807) is 4.90 Å². The lowest BCUT2D eigenvalue weighted by Gasteiger charge is -2.41. The summed E-state index contributed by atoms with van der Waals surface area (Å²) in [4.78, 5) is 30.8. The van der Waals surface area contributed by atoms with Crippen molar-refractivity contribution in [3.8, 4) is 0 Å². The number of hydrogen-bond donors (Lipinski definition) is 0. The number of hydrogen-bond acceptors (Lipinski definition) is 4. The van der Waals surface area contributed by atoms with Gasteiger partial charge in [0.15, 0.2) is 5.78 Å². The van der Waals surface area contributed by atoms with Gasteiger partial charge in [-0.2, -0.15) is 0 Å². The van der Waals surface area contributed by atoms with Crippen molar-refractivity contribution in [1.82, 2.24) is 9.80 Å². The van der Waals surface area contributed by atoms with Gasteiger partial charge in [0, 0.05) is 30.6 Å². The number of rotatable bonds is 5. The molecule has 0 N–H and O–H groups in total. The van der Waals surface area contributed by atoms with Crippen LogP contribution in [0.15, 0.2) is 72.8 Å². The summed E-state index contributed by atoms with van der Waals surface area (Å²) in [7, 11) is 0. The van der Waals surface area contributed by atoms with Crippen LogP contribution in [0.2, 0.25) is 0 Å². The van der Waals surface area contributed by atoms with Crippen molar-refractivity contribution in [3.05, 3.63) is 83.9 Å². The number of Topliss-reactive ketones (excluding diaryl/α,β-unsaturated/α-hetero) is 1. The van der Waals surface area contributed by atoms with Gasteiger partial charge in [0.2, 0.25) is 0 Å². The summed E-state index contributed by atoms with van der Waals surface area (Å²) in [6, 6.07) is 19.6. The van der Waals surface area contributed by atoms with Gasteiger partial charge in [-0.15, -0.1) is 0 Å². The Morgan fingerprint density at radius 1 is 1.03 bits per heavy atom. The minimum absolute atomic E-state index is 0.122. The van der Waals surface area contributed by atoms with Crippen LogP contribution in [-0.2, 0) is 11.2 Å². The number of ketones is 1. The predicted molar refractivity (Wildman–Crippen MR) is 130 cm³/mol. The highest BCUT2D eigenvalue weighted by Gasteiger charge is 2.51. The molecule has 1 fully saturated rings. The van der Waals surface area contributed by atoms with Gasteiger partial charge in [-0.1, -0.05) is 72.8 Å². The highest BCUT2D eigenvalue weighted by molar-refractivity contribution is 6.01. The standard InChI is InChI=1S/C28H34N2O3/c1-27(2,3)33-26(32)30-18-10-16-28(21-30)17-20-29(19-15-22-11-6-4-7-12-22)25(28)24(31)23-13-8-5-9-14-23/h4-14,16,25H,15,17-21H2,1-3H3/t25-,28-/m1/s1. The first-order chi connectivity index (χ1) is 15.8. The summed E-state index contributed by atoms with van der Waals surface area (Å²) in [6.45, 7) is 8.25. The van der Waals surface area contributed by atoms with Crippen LogP contribution in [0.1, 0.15) is 43.1 Å². The quantitative estimate of drug-likeness (QED) is 0.480. The Labute approximate surface area is 197 Å². The topological polar surface area (TPSA) is 49.9 Å². The Morgan fingerprint density at radius 3 is 2.36 bits per heavy atom. The Morgan fingerprint density at radius 2 is 1.70 bits per heavy atom. The van der Waals surface area contributed by atoms with Crippen molar-refractivity contribution in [2.45, 2.75) is 45.3 Å². The molecule has 0 bridgehead atoms. The minimum Gasteiger partial charge on any atom is -0.444 e. The lowest BCUT2D eigenvalue weighted by Crippen LogP contribution is -2.53. The summed E-state index contributed by atoms with van der Waals surface area (Å²) in [6.07, 6.45) is 5.61. The van der Waals surface area contributed by atoms with Crippen LogP contribution in [0.5, 0.6) is 0 Å². The highest BCUT2D eigenvalue weighted by atomic mass is 16.6. The number of benzene rings is 2. The zero-order valence-electron chi connectivity index (χ0n) is 19.9. The molecule has 0 saturated carbocycles. The van der Waals surface area contributed by atoms with Gasteiger partial charge in [-0.3, -0.25) is 9.69 Å². The number of amides is 1. The fraction of sp³-hybridized carbons (Fsp3) is 0.429. The van der Waals surface area contributed by atoms with E-state index in [-0.39, 0.29) is 17.9 Å². The van der Waals surface area contributed by atoms with E-state index < -0.39 is 11.0 Å². The second kappa shape index (κ2) is 9.52. The molecule has 2 heterocycles. The van der Waals surface area contributed by atoms with Gasteiger partial charge in [-0.25, -0.2) is 4.79 Å². The Bertz CT molecular complexity index is 997. The first-order valence-electron chi connectivity index (χ1n) is 11.8. The van der Waals surface area contributed by atoms with Gasteiger partial charge in [-0.05, 0) is 45.7 Å². The normalized spacial score (nSPS) is 23.1. The van der Waals surface area contributed by atoms with Crippen molar-refractivity contribution >= 4 is 11.9 Å². The summed E-state index contributed by atoms with van der Waals surface area (Å²) in [5.74, 6) is 0.122. The molecule has 1 amide bonds. The zero-order chi connectivity index (χ0) is 23.5. The van der Waals surface area contributed by atoms with Crippen LogP contribution in [0.3, 0.4) is 0 Å². The molecule has 2 aliphatic heterocycles. The third kappa shape index (κ3) is 5.36. The van der Waals surface area contributed by atoms with Gasteiger partial charge in [0.25, 0.3) is 0 Å². The maximum absolute atomic E-state index is 13.8. The molecule has 0 radical (unpaired) electrons. The van der Waals surface area contributed by atoms with E-state index in [2.05, 4.69) is 35.2 Å². The van der Waals surface area contributed by atoms with Crippen molar-refractivity contribution in [2.75, 3.05) is 26.2 Å². The molecular formula is C28H34N2O3. The largest absolute Gasteiger partial charge is 0.444 e. The van der Waals surface area contributed by atoms with E-state index in [9.17, 15) is 9.59 Å². The fourth-order valence-corrected chi connectivity index (χ4v) is 5.02. The minimum atomic E-state index is -0.554. The molecule has 0 aromatic heterocycles. The second-order valence-corrected chi connectivity index (χ2v) is 10.2. The summed E-state index contributed by atoms with van der Waals surface area (Å²) >= 11 is 0. The maximum Gasteiger partial charge on any atom is 0.410 e. The molecule has 33 heavy (non-hydrogen) atoms. The molecule has 2 aliphatic rings. The van der Waals surface area contributed by atoms with E-state index >= 15 is 0 Å². The number of carbonyl (C=O) groups excluding carboxylic acids is 2. The molecule has 0 unspecified atom stereocenters. The average molecular weight is 447 g/mol. The van der Waals surface area contributed by atoms with Crippen molar-refractivity contribution in [1.29, 1.82) is 0 Å². The molecule has 2 atom stereocenters. The molecule has 2 aromatic carbocycles.